The Morgan fingerprint density at radius 2 is 2.18 bits per heavy atom. The minimum absolute atomic E-state index is 0.0468. The lowest BCUT2D eigenvalue weighted by molar-refractivity contribution is 0.196. The van der Waals surface area contributed by atoms with Gasteiger partial charge < -0.3 is 4.74 Å². The Morgan fingerprint density at radius 3 is 2.82 bits per heavy atom. The molecule has 11 heavy (non-hydrogen) atoms. The van der Waals surface area contributed by atoms with Gasteiger partial charge in [0.1, 0.15) is 0 Å². The monoisotopic (exact) mass is 157 g/mol. The van der Waals surface area contributed by atoms with Crippen LogP contribution >= 0.6 is 0 Å². The largest absolute Gasteiger partial charge is 0.502 e. The van der Waals surface area contributed by atoms with Crippen molar-refractivity contribution in [1.82, 2.24) is 0 Å². The van der Waals surface area contributed by atoms with Gasteiger partial charge in [0, 0.05) is 0 Å². The third-order valence-electron chi connectivity index (χ3n) is 1.34. The molecule has 0 heterocycles. The first-order chi connectivity index (χ1) is 5.41. The maximum absolute atomic E-state index is 9.96. The van der Waals surface area contributed by atoms with Gasteiger partial charge in [0.25, 0.3) is 0 Å². The fourth-order valence-electron chi connectivity index (χ4n) is 0.708. The van der Waals surface area contributed by atoms with Crippen LogP contribution in [0.5, 0.6) is 0 Å². The highest BCUT2D eigenvalue weighted by Gasteiger charge is 1.83. The van der Waals surface area contributed by atoms with E-state index < -0.39 is 0 Å². The second-order valence-corrected chi connectivity index (χ2v) is 2.44. The molecule has 2 heteroatoms. The van der Waals surface area contributed by atoms with E-state index in [4.69, 9.17) is 4.74 Å². The maximum Gasteiger partial charge on any atom is 0.0873 e. The van der Waals surface area contributed by atoms with E-state index in [1.807, 2.05) is 0 Å². The summed E-state index contributed by atoms with van der Waals surface area (Å²) in [6, 6.07) is 0. The summed E-state index contributed by atoms with van der Waals surface area (Å²) in [6.45, 7) is 2.89. The number of hydrogen-bond acceptors (Lipinski definition) is 1. The van der Waals surface area contributed by atoms with Crippen LogP contribution in [0.4, 0.5) is 0 Å². The summed E-state index contributed by atoms with van der Waals surface area (Å²) in [6.07, 6.45) is 7.53. The summed E-state index contributed by atoms with van der Waals surface area (Å²) >= 11 is 0. The topological polar surface area (TPSA) is 29.1 Å². The Morgan fingerprint density at radius 1 is 1.36 bits per heavy atom. The number of unbranched alkanes of at least 4 members (excludes halogenated alkanes) is 2. The molecule has 0 aliphatic rings. The van der Waals surface area contributed by atoms with E-state index in [1.54, 1.807) is 12.3 Å². The van der Waals surface area contributed by atoms with Crippen LogP contribution in [-0.2, 0) is 9.84 Å². The van der Waals surface area contributed by atoms with Gasteiger partial charge in [-0.2, -0.15) is 0 Å². The van der Waals surface area contributed by atoms with Crippen LogP contribution in [0, 0.1) is 0 Å². The zero-order valence-corrected chi connectivity index (χ0v) is 7.21. The van der Waals surface area contributed by atoms with Crippen LogP contribution in [-0.4, -0.2) is 13.2 Å². The minimum atomic E-state index is -0.0468. The SMILES string of the molecule is CCCCCOC=CCC[O]. The molecule has 0 aromatic carbocycles. The minimum Gasteiger partial charge on any atom is -0.502 e. The maximum atomic E-state index is 9.96. The second kappa shape index (κ2) is 9.50. The Kier molecular flexibility index (Phi) is 9.07. The van der Waals surface area contributed by atoms with Crippen molar-refractivity contribution < 1.29 is 9.84 Å². The van der Waals surface area contributed by atoms with E-state index in [0.717, 1.165) is 13.0 Å². The lowest BCUT2D eigenvalue weighted by Gasteiger charge is -1.97. The fraction of sp³-hybridized carbons (Fsp3) is 0.778. The zero-order valence-electron chi connectivity index (χ0n) is 7.21. The van der Waals surface area contributed by atoms with Gasteiger partial charge in [-0.1, -0.05) is 19.8 Å². The van der Waals surface area contributed by atoms with Crippen LogP contribution in [0.15, 0.2) is 12.3 Å². The molecule has 0 unspecified atom stereocenters. The van der Waals surface area contributed by atoms with Gasteiger partial charge in [-0.25, -0.2) is 5.11 Å². The highest BCUT2D eigenvalue weighted by atomic mass is 16.5. The molecule has 0 amide bonds. The molecule has 0 spiro atoms. The van der Waals surface area contributed by atoms with E-state index in [9.17, 15) is 5.11 Å². The standard InChI is InChI=1S/C9H17O2/c1-2-3-5-8-11-9-6-4-7-10/h6,9H,2-5,7-8H2,1H3. The highest BCUT2D eigenvalue weighted by molar-refractivity contribution is 4.72. The molecule has 0 saturated carbocycles. The molecule has 0 aromatic rings. The Hall–Kier alpha value is -0.500. The lowest BCUT2D eigenvalue weighted by atomic mass is 10.3. The van der Waals surface area contributed by atoms with Crippen molar-refractivity contribution in [2.24, 2.45) is 0 Å². The number of rotatable bonds is 7. The van der Waals surface area contributed by atoms with E-state index >= 15 is 0 Å². The van der Waals surface area contributed by atoms with Gasteiger partial charge in [-0.3, -0.25) is 0 Å². The Bertz CT molecular complexity index is 89.6. The molecule has 0 N–H and O–H groups in total. The molecule has 0 rings (SSSR count). The molecule has 65 valence electrons. The summed E-state index contributed by atoms with van der Waals surface area (Å²) in [5.74, 6) is 0. The van der Waals surface area contributed by atoms with Crippen LogP contribution < -0.4 is 0 Å². The fourth-order valence-corrected chi connectivity index (χ4v) is 0.708. The first kappa shape index (κ1) is 10.5. The van der Waals surface area contributed by atoms with Gasteiger partial charge in [-0.05, 0) is 18.9 Å². The van der Waals surface area contributed by atoms with Gasteiger partial charge in [-0.15, -0.1) is 0 Å². The predicted octanol–water partition coefficient (Wildman–Crippen LogP) is 2.53. The lowest BCUT2D eigenvalue weighted by Crippen LogP contribution is -1.86. The average Bonchev–Trinajstić information content (AvgIpc) is 2.03. The Balaban J connectivity index is 2.89. The van der Waals surface area contributed by atoms with Gasteiger partial charge in [0.05, 0.1) is 19.5 Å². The van der Waals surface area contributed by atoms with Crippen LogP contribution in [0.1, 0.15) is 32.6 Å². The third kappa shape index (κ3) is 9.50. The molecule has 1 radical (unpaired) electrons. The normalized spacial score (nSPS) is 10.7. The van der Waals surface area contributed by atoms with Crippen molar-refractivity contribution in [3.05, 3.63) is 12.3 Å². The molecular formula is C9H17O2. The van der Waals surface area contributed by atoms with E-state index in [2.05, 4.69) is 6.92 Å². The first-order valence-electron chi connectivity index (χ1n) is 4.26. The number of ether oxygens (including phenoxy) is 1. The predicted molar refractivity (Wildman–Crippen MR) is 44.8 cm³/mol. The number of hydrogen-bond donors (Lipinski definition) is 0. The molecule has 0 atom stereocenters. The molecular weight excluding hydrogens is 140 g/mol. The van der Waals surface area contributed by atoms with Crippen LogP contribution in [0.25, 0.3) is 0 Å². The quantitative estimate of drug-likeness (QED) is 0.412. The van der Waals surface area contributed by atoms with E-state index in [-0.39, 0.29) is 6.61 Å². The molecule has 0 aliphatic heterocycles. The third-order valence-corrected chi connectivity index (χ3v) is 1.34. The Labute approximate surface area is 68.9 Å². The second-order valence-electron chi connectivity index (χ2n) is 2.44. The molecule has 0 aliphatic carbocycles. The summed E-state index contributed by atoms with van der Waals surface area (Å²) in [5.41, 5.74) is 0. The zero-order chi connectivity index (χ0) is 8.36. The summed E-state index contributed by atoms with van der Waals surface area (Å²) in [4.78, 5) is 0. The first-order valence-corrected chi connectivity index (χ1v) is 4.26. The van der Waals surface area contributed by atoms with Crippen molar-refractivity contribution in [2.75, 3.05) is 13.2 Å². The van der Waals surface area contributed by atoms with Crippen molar-refractivity contribution >= 4 is 0 Å². The van der Waals surface area contributed by atoms with Crippen molar-refractivity contribution in [1.29, 1.82) is 0 Å². The van der Waals surface area contributed by atoms with Crippen LogP contribution in [0.2, 0.25) is 0 Å². The molecule has 0 aromatic heterocycles. The summed E-state index contributed by atoms with van der Waals surface area (Å²) in [5, 5.41) is 9.96. The van der Waals surface area contributed by atoms with Gasteiger partial charge >= 0.3 is 0 Å². The molecule has 0 saturated heterocycles. The smallest absolute Gasteiger partial charge is 0.0873 e. The van der Waals surface area contributed by atoms with Crippen molar-refractivity contribution in [3.63, 3.8) is 0 Å². The van der Waals surface area contributed by atoms with Crippen molar-refractivity contribution in [3.8, 4) is 0 Å². The van der Waals surface area contributed by atoms with Crippen LogP contribution in [0.3, 0.4) is 0 Å². The van der Waals surface area contributed by atoms with E-state index in [1.165, 1.54) is 12.8 Å². The molecule has 2 nitrogen and oxygen atoms in total. The van der Waals surface area contributed by atoms with E-state index in [0.29, 0.717) is 6.42 Å². The average molecular weight is 157 g/mol. The molecule has 0 fully saturated rings. The summed E-state index contributed by atoms with van der Waals surface area (Å²) in [7, 11) is 0. The van der Waals surface area contributed by atoms with Gasteiger partial charge in [0.2, 0.25) is 0 Å². The highest BCUT2D eigenvalue weighted by Crippen LogP contribution is 1.94. The summed E-state index contributed by atoms with van der Waals surface area (Å²) < 4.78 is 5.12. The van der Waals surface area contributed by atoms with Crippen molar-refractivity contribution in [2.45, 2.75) is 32.6 Å². The van der Waals surface area contributed by atoms with Gasteiger partial charge in [0.15, 0.2) is 0 Å². The molecule has 0 bridgehead atoms.